The van der Waals surface area contributed by atoms with Gasteiger partial charge in [-0.25, -0.2) is 15.0 Å². The Hall–Kier alpha value is -2.02. The van der Waals surface area contributed by atoms with Crippen molar-refractivity contribution in [3.8, 4) is 22.9 Å². The SMILES string of the molecule is CCc1nccc(-c2cccnc2Oc2ccc(I)cc2)n1. The number of hydrogen-bond acceptors (Lipinski definition) is 4. The van der Waals surface area contributed by atoms with Crippen LogP contribution in [0, 0.1) is 3.57 Å². The van der Waals surface area contributed by atoms with Gasteiger partial charge in [0, 0.05) is 22.4 Å². The molecule has 2 aromatic heterocycles. The molecule has 3 aromatic rings. The maximum absolute atomic E-state index is 5.92. The fourth-order valence-corrected chi connectivity index (χ4v) is 2.36. The van der Waals surface area contributed by atoms with E-state index in [-0.39, 0.29) is 0 Å². The van der Waals surface area contributed by atoms with Gasteiger partial charge in [0.25, 0.3) is 0 Å². The topological polar surface area (TPSA) is 47.9 Å². The van der Waals surface area contributed by atoms with Crippen LogP contribution in [0.2, 0.25) is 0 Å². The van der Waals surface area contributed by atoms with Crippen LogP contribution in [0.1, 0.15) is 12.7 Å². The lowest BCUT2D eigenvalue weighted by molar-refractivity contribution is 0.464. The molecule has 0 unspecified atom stereocenters. The molecule has 0 aliphatic carbocycles. The molecule has 2 heterocycles. The maximum atomic E-state index is 5.92. The van der Waals surface area contributed by atoms with Crippen molar-refractivity contribution < 1.29 is 4.74 Å². The molecular formula is C17H14IN3O. The van der Waals surface area contributed by atoms with E-state index >= 15 is 0 Å². The second-order valence-electron chi connectivity index (χ2n) is 4.62. The van der Waals surface area contributed by atoms with Gasteiger partial charge in [0.2, 0.25) is 5.88 Å². The smallest absolute Gasteiger partial charge is 0.228 e. The molecule has 1 aromatic carbocycles. The fraction of sp³-hybridized carbons (Fsp3) is 0.118. The molecule has 0 N–H and O–H groups in total. The minimum Gasteiger partial charge on any atom is -0.438 e. The first kappa shape index (κ1) is 14.9. The van der Waals surface area contributed by atoms with Crippen molar-refractivity contribution in [2.24, 2.45) is 0 Å². The molecule has 0 spiro atoms. The van der Waals surface area contributed by atoms with Gasteiger partial charge in [0.1, 0.15) is 11.6 Å². The van der Waals surface area contributed by atoms with Gasteiger partial charge in [-0.1, -0.05) is 6.92 Å². The summed E-state index contributed by atoms with van der Waals surface area (Å²) in [5.74, 6) is 2.11. The first-order valence-electron chi connectivity index (χ1n) is 6.97. The Balaban J connectivity index is 1.97. The van der Waals surface area contributed by atoms with Crippen LogP contribution < -0.4 is 4.74 Å². The molecule has 0 amide bonds. The van der Waals surface area contributed by atoms with Gasteiger partial charge in [-0.05, 0) is 65.1 Å². The zero-order valence-electron chi connectivity index (χ0n) is 12.0. The van der Waals surface area contributed by atoms with Crippen LogP contribution in [0.25, 0.3) is 11.3 Å². The zero-order chi connectivity index (χ0) is 15.4. The first-order chi connectivity index (χ1) is 10.8. The summed E-state index contributed by atoms with van der Waals surface area (Å²) >= 11 is 2.26. The quantitative estimate of drug-likeness (QED) is 0.602. The molecule has 0 saturated carbocycles. The molecule has 22 heavy (non-hydrogen) atoms. The van der Waals surface area contributed by atoms with E-state index in [0.717, 1.165) is 32.8 Å². The van der Waals surface area contributed by atoms with Crippen molar-refractivity contribution in [3.05, 3.63) is 64.3 Å². The van der Waals surface area contributed by atoms with Crippen molar-refractivity contribution in [2.75, 3.05) is 0 Å². The van der Waals surface area contributed by atoms with Crippen LogP contribution in [0.5, 0.6) is 11.6 Å². The summed E-state index contributed by atoms with van der Waals surface area (Å²) < 4.78 is 7.08. The summed E-state index contributed by atoms with van der Waals surface area (Å²) in [7, 11) is 0. The zero-order valence-corrected chi connectivity index (χ0v) is 14.2. The minimum absolute atomic E-state index is 0.546. The van der Waals surface area contributed by atoms with Gasteiger partial charge >= 0.3 is 0 Å². The van der Waals surface area contributed by atoms with Gasteiger partial charge in [-0.3, -0.25) is 0 Å². The summed E-state index contributed by atoms with van der Waals surface area (Å²) in [6.07, 6.45) is 4.28. The Kier molecular flexibility index (Phi) is 4.62. The highest BCUT2D eigenvalue weighted by atomic mass is 127. The molecule has 110 valence electrons. The summed E-state index contributed by atoms with van der Waals surface area (Å²) in [6, 6.07) is 13.6. The normalized spacial score (nSPS) is 10.5. The molecule has 0 bridgehead atoms. The van der Waals surface area contributed by atoms with E-state index in [1.807, 2.05) is 49.4 Å². The second-order valence-corrected chi connectivity index (χ2v) is 5.87. The van der Waals surface area contributed by atoms with Crippen molar-refractivity contribution >= 4 is 22.6 Å². The minimum atomic E-state index is 0.546. The molecule has 0 aliphatic heterocycles. The van der Waals surface area contributed by atoms with Crippen LogP contribution in [-0.4, -0.2) is 15.0 Å². The lowest BCUT2D eigenvalue weighted by Gasteiger charge is -2.10. The fourth-order valence-electron chi connectivity index (χ4n) is 2.00. The molecule has 4 nitrogen and oxygen atoms in total. The van der Waals surface area contributed by atoms with Crippen LogP contribution in [0.3, 0.4) is 0 Å². The van der Waals surface area contributed by atoms with E-state index in [1.54, 1.807) is 12.4 Å². The molecule has 0 radical (unpaired) electrons. The Morgan fingerprint density at radius 1 is 1.00 bits per heavy atom. The molecule has 0 atom stereocenters. The predicted octanol–water partition coefficient (Wildman–Crippen LogP) is 4.50. The predicted molar refractivity (Wildman–Crippen MR) is 93.9 cm³/mol. The monoisotopic (exact) mass is 403 g/mol. The summed E-state index contributed by atoms with van der Waals surface area (Å²) in [5.41, 5.74) is 1.68. The third-order valence-electron chi connectivity index (χ3n) is 3.10. The van der Waals surface area contributed by atoms with Crippen molar-refractivity contribution in [1.82, 2.24) is 15.0 Å². The lowest BCUT2D eigenvalue weighted by atomic mass is 10.2. The number of rotatable bonds is 4. The van der Waals surface area contributed by atoms with E-state index in [9.17, 15) is 0 Å². The number of nitrogens with zero attached hydrogens (tertiary/aromatic N) is 3. The van der Waals surface area contributed by atoms with E-state index in [1.165, 1.54) is 0 Å². The number of hydrogen-bond donors (Lipinski definition) is 0. The molecule has 0 aliphatic rings. The number of ether oxygens (including phenoxy) is 1. The highest BCUT2D eigenvalue weighted by molar-refractivity contribution is 14.1. The van der Waals surface area contributed by atoms with E-state index in [2.05, 4.69) is 37.5 Å². The number of aryl methyl sites for hydroxylation is 1. The third kappa shape index (κ3) is 3.41. The van der Waals surface area contributed by atoms with Crippen molar-refractivity contribution in [3.63, 3.8) is 0 Å². The highest BCUT2D eigenvalue weighted by Gasteiger charge is 2.10. The van der Waals surface area contributed by atoms with Crippen LogP contribution in [0.4, 0.5) is 0 Å². The molecular weight excluding hydrogens is 389 g/mol. The molecule has 0 fully saturated rings. The maximum Gasteiger partial charge on any atom is 0.228 e. The number of aromatic nitrogens is 3. The number of benzene rings is 1. The Morgan fingerprint density at radius 2 is 1.82 bits per heavy atom. The van der Waals surface area contributed by atoms with Gasteiger partial charge in [0.15, 0.2) is 0 Å². The number of pyridine rings is 1. The summed E-state index contributed by atoms with van der Waals surface area (Å²) in [4.78, 5) is 13.1. The van der Waals surface area contributed by atoms with Crippen LogP contribution >= 0.6 is 22.6 Å². The largest absolute Gasteiger partial charge is 0.438 e. The van der Waals surface area contributed by atoms with Crippen molar-refractivity contribution in [2.45, 2.75) is 13.3 Å². The Labute approximate surface area is 142 Å². The van der Waals surface area contributed by atoms with Gasteiger partial charge in [0.05, 0.1) is 11.3 Å². The standard InChI is InChI=1S/C17H14IN3O/c1-2-16-19-11-9-15(21-16)14-4-3-10-20-17(14)22-13-7-5-12(18)6-8-13/h3-11H,2H2,1H3. The first-order valence-corrected chi connectivity index (χ1v) is 8.05. The molecule has 3 rings (SSSR count). The van der Waals surface area contributed by atoms with E-state index in [0.29, 0.717) is 5.88 Å². The molecule has 0 saturated heterocycles. The Bertz CT molecular complexity index is 775. The van der Waals surface area contributed by atoms with Gasteiger partial charge < -0.3 is 4.74 Å². The van der Waals surface area contributed by atoms with Gasteiger partial charge in [-0.15, -0.1) is 0 Å². The summed E-state index contributed by atoms with van der Waals surface area (Å²) in [6.45, 7) is 2.03. The van der Waals surface area contributed by atoms with Crippen LogP contribution in [0.15, 0.2) is 54.9 Å². The second kappa shape index (κ2) is 6.83. The highest BCUT2D eigenvalue weighted by Crippen LogP contribution is 2.30. The average molecular weight is 403 g/mol. The lowest BCUT2D eigenvalue weighted by Crippen LogP contribution is -1.97. The van der Waals surface area contributed by atoms with Crippen LogP contribution in [-0.2, 0) is 6.42 Å². The summed E-state index contributed by atoms with van der Waals surface area (Å²) in [5, 5.41) is 0. The van der Waals surface area contributed by atoms with Gasteiger partial charge in [-0.2, -0.15) is 0 Å². The average Bonchev–Trinajstić information content (AvgIpc) is 2.57. The van der Waals surface area contributed by atoms with Crippen molar-refractivity contribution in [1.29, 1.82) is 0 Å². The Morgan fingerprint density at radius 3 is 2.59 bits per heavy atom. The number of halogens is 1. The molecule has 5 heteroatoms. The third-order valence-corrected chi connectivity index (χ3v) is 3.82. The van der Waals surface area contributed by atoms with E-state index < -0.39 is 0 Å². The van der Waals surface area contributed by atoms with E-state index in [4.69, 9.17) is 4.74 Å².